The number of para-hydroxylation sites is 1. The smallest absolute Gasteiger partial charge is 0.0713 e. The second-order valence-electron chi connectivity index (χ2n) is 14.8. The van der Waals surface area contributed by atoms with Crippen LogP contribution in [0.1, 0.15) is 33.7 Å². The molecule has 2 unspecified atom stereocenters. The maximum Gasteiger partial charge on any atom is 0.0713 e. The van der Waals surface area contributed by atoms with Crippen molar-refractivity contribution in [2.24, 2.45) is 0 Å². The topological polar surface area (TPSA) is 6.48 Å². The quantitative estimate of drug-likeness (QED) is 0.170. The van der Waals surface area contributed by atoms with Crippen molar-refractivity contribution in [3.05, 3.63) is 246 Å². The Morgan fingerprint density at radius 2 is 1.04 bits per heavy atom. The number of rotatable bonds is 6. The molecule has 0 spiro atoms. The lowest BCUT2D eigenvalue weighted by Gasteiger charge is -2.34. The Kier molecular flexibility index (Phi) is 7.25. The minimum atomic E-state index is -0.439. The van der Waals surface area contributed by atoms with Crippen LogP contribution in [0.4, 0.5) is 28.4 Å². The molecule has 55 heavy (non-hydrogen) atoms. The van der Waals surface area contributed by atoms with Gasteiger partial charge in [-0.25, -0.2) is 0 Å². The molecule has 0 amide bonds. The van der Waals surface area contributed by atoms with Gasteiger partial charge in [-0.3, -0.25) is 0 Å². The van der Waals surface area contributed by atoms with Gasteiger partial charge in [-0.15, -0.1) is 0 Å². The molecule has 0 saturated heterocycles. The van der Waals surface area contributed by atoms with Gasteiger partial charge in [0.05, 0.1) is 17.1 Å². The average Bonchev–Trinajstić information content (AvgIpc) is 3.76. The fraction of sp³-hybridized carbons (Fsp3) is 0.0566. The van der Waals surface area contributed by atoms with Gasteiger partial charge in [0.1, 0.15) is 0 Å². The van der Waals surface area contributed by atoms with Gasteiger partial charge < -0.3 is 9.80 Å². The van der Waals surface area contributed by atoms with E-state index in [0.29, 0.717) is 5.92 Å². The van der Waals surface area contributed by atoms with Gasteiger partial charge in [0, 0.05) is 34.1 Å². The Hall–Kier alpha value is -6.90. The maximum absolute atomic E-state index is 2.50. The Balaban J connectivity index is 1.06. The summed E-state index contributed by atoms with van der Waals surface area (Å²) < 4.78 is 0. The molecule has 2 heteroatoms. The summed E-state index contributed by atoms with van der Waals surface area (Å²) in [6.45, 7) is 0. The number of anilines is 5. The summed E-state index contributed by atoms with van der Waals surface area (Å²) >= 11 is 0. The van der Waals surface area contributed by atoms with Crippen LogP contribution in [0, 0.1) is 0 Å². The second-order valence-corrected chi connectivity index (χ2v) is 14.8. The molecule has 1 heterocycles. The zero-order valence-electron chi connectivity index (χ0n) is 30.3. The standard InChI is InChI=1S/C53H38N2/c1-2-17-38(18-3-1)53(48-24-10-6-20-44(48)45-21-7-11-25-49(45)53)39-29-31-40(32-30-39)54(50-28-14-16-37-15-4-5-19-43(37)50)41-33-35-42(36-34-41)55-51-26-12-8-22-46(51)47-23-9-13-27-52(47)55/h1-36,46,51H. The van der Waals surface area contributed by atoms with E-state index in [-0.39, 0.29) is 6.04 Å². The predicted octanol–water partition coefficient (Wildman–Crippen LogP) is 13.4. The highest BCUT2D eigenvalue weighted by molar-refractivity contribution is 5.99. The lowest BCUT2D eigenvalue weighted by molar-refractivity contribution is 0.745. The third-order valence-corrected chi connectivity index (χ3v) is 12.1. The van der Waals surface area contributed by atoms with Crippen LogP contribution in [0.2, 0.25) is 0 Å². The van der Waals surface area contributed by atoms with Crippen molar-refractivity contribution < 1.29 is 0 Å². The first-order valence-corrected chi connectivity index (χ1v) is 19.3. The summed E-state index contributed by atoms with van der Waals surface area (Å²) in [4.78, 5) is 4.92. The van der Waals surface area contributed by atoms with Gasteiger partial charge in [0.15, 0.2) is 0 Å². The predicted molar refractivity (Wildman–Crippen MR) is 229 cm³/mol. The van der Waals surface area contributed by atoms with E-state index in [1.165, 1.54) is 61.1 Å². The van der Waals surface area contributed by atoms with Crippen LogP contribution >= 0.6 is 0 Å². The molecule has 260 valence electrons. The van der Waals surface area contributed by atoms with E-state index in [4.69, 9.17) is 0 Å². The molecule has 11 rings (SSSR count). The molecule has 8 aromatic carbocycles. The van der Waals surface area contributed by atoms with Crippen LogP contribution in [0.3, 0.4) is 0 Å². The van der Waals surface area contributed by atoms with E-state index >= 15 is 0 Å². The second kappa shape index (κ2) is 12.6. The van der Waals surface area contributed by atoms with Gasteiger partial charge in [0.25, 0.3) is 0 Å². The first-order valence-electron chi connectivity index (χ1n) is 19.3. The summed E-state index contributed by atoms with van der Waals surface area (Å²) in [7, 11) is 0. The maximum atomic E-state index is 2.50. The van der Waals surface area contributed by atoms with Gasteiger partial charge in [-0.05, 0) is 92.9 Å². The molecule has 0 fully saturated rings. The first kappa shape index (κ1) is 31.6. The average molecular weight is 703 g/mol. The van der Waals surface area contributed by atoms with Crippen molar-refractivity contribution in [2.75, 3.05) is 9.80 Å². The fourth-order valence-corrected chi connectivity index (χ4v) is 9.76. The van der Waals surface area contributed by atoms with Crippen molar-refractivity contribution in [2.45, 2.75) is 17.4 Å². The monoisotopic (exact) mass is 702 g/mol. The van der Waals surface area contributed by atoms with E-state index in [1.807, 2.05) is 0 Å². The minimum absolute atomic E-state index is 0.262. The molecule has 0 bridgehead atoms. The van der Waals surface area contributed by atoms with Gasteiger partial charge >= 0.3 is 0 Å². The molecule has 1 aliphatic heterocycles. The highest BCUT2D eigenvalue weighted by atomic mass is 15.2. The third-order valence-electron chi connectivity index (χ3n) is 12.1. The molecule has 8 aromatic rings. The molecule has 3 aliphatic rings. The summed E-state index contributed by atoms with van der Waals surface area (Å²) in [6.07, 6.45) is 9.05. The summed E-state index contributed by atoms with van der Waals surface area (Å²) in [5.41, 5.74) is 14.6. The molecule has 0 radical (unpaired) electrons. The highest BCUT2D eigenvalue weighted by Gasteiger charge is 2.46. The molecule has 0 aromatic heterocycles. The van der Waals surface area contributed by atoms with Crippen LogP contribution in [-0.2, 0) is 5.41 Å². The number of hydrogen-bond donors (Lipinski definition) is 0. The lowest BCUT2D eigenvalue weighted by Crippen LogP contribution is -2.28. The lowest BCUT2D eigenvalue weighted by atomic mass is 9.68. The summed E-state index contributed by atoms with van der Waals surface area (Å²) in [5.74, 6) is 0.351. The first-order chi connectivity index (χ1) is 27.3. The molecule has 2 nitrogen and oxygen atoms in total. The molecular weight excluding hydrogens is 665 g/mol. The van der Waals surface area contributed by atoms with Crippen molar-refractivity contribution in [3.8, 4) is 11.1 Å². The summed E-state index contributed by atoms with van der Waals surface area (Å²) in [5, 5.41) is 2.44. The summed E-state index contributed by atoms with van der Waals surface area (Å²) in [6, 6.07) is 71.9. The number of allylic oxidation sites excluding steroid dienone is 2. The van der Waals surface area contributed by atoms with Crippen molar-refractivity contribution in [3.63, 3.8) is 0 Å². The van der Waals surface area contributed by atoms with E-state index in [2.05, 4.69) is 228 Å². The molecule has 2 aliphatic carbocycles. The number of nitrogens with zero attached hydrogens (tertiary/aromatic N) is 2. The molecule has 0 saturated carbocycles. The Morgan fingerprint density at radius 3 is 1.80 bits per heavy atom. The number of fused-ring (bicyclic) bond motifs is 7. The van der Waals surface area contributed by atoms with Gasteiger partial charge in [-0.2, -0.15) is 0 Å². The van der Waals surface area contributed by atoms with Crippen LogP contribution in [-0.4, -0.2) is 6.04 Å². The van der Waals surface area contributed by atoms with E-state index in [9.17, 15) is 0 Å². The zero-order chi connectivity index (χ0) is 36.3. The fourth-order valence-electron chi connectivity index (χ4n) is 9.76. The van der Waals surface area contributed by atoms with Gasteiger partial charge in [0.2, 0.25) is 0 Å². The molecular formula is C53H38N2. The van der Waals surface area contributed by atoms with Crippen LogP contribution in [0.15, 0.2) is 218 Å². The minimum Gasteiger partial charge on any atom is -0.333 e. The van der Waals surface area contributed by atoms with Crippen molar-refractivity contribution >= 4 is 39.2 Å². The van der Waals surface area contributed by atoms with E-state index in [1.54, 1.807) is 0 Å². The Labute approximate surface area is 322 Å². The largest absolute Gasteiger partial charge is 0.333 e. The van der Waals surface area contributed by atoms with E-state index < -0.39 is 5.41 Å². The van der Waals surface area contributed by atoms with Crippen LogP contribution < -0.4 is 9.80 Å². The molecule has 0 N–H and O–H groups in total. The zero-order valence-corrected chi connectivity index (χ0v) is 30.3. The van der Waals surface area contributed by atoms with Crippen molar-refractivity contribution in [1.29, 1.82) is 0 Å². The van der Waals surface area contributed by atoms with E-state index in [0.717, 1.165) is 17.1 Å². The SMILES string of the molecule is C1=CC2c3ccccc3N(c3ccc(N(c4ccc(C5(c6ccccc6)c6ccccc6-c6ccccc65)cc4)c4cccc5ccccc45)cc3)C2C=C1. The number of hydrogen-bond acceptors (Lipinski definition) is 2. The highest BCUT2D eigenvalue weighted by Crippen LogP contribution is 2.56. The van der Waals surface area contributed by atoms with Crippen molar-refractivity contribution in [1.82, 2.24) is 0 Å². The Bertz CT molecular complexity index is 2730. The third kappa shape index (κ3) is 4.74. The normalized spacial score (nSPS) is 17.1. The number of benzene rings is 8. The van der Waals surface area contributed by atoms with Crippen LogP contribution in [0.5, 0.6) is 0 Å². The van der Waals surface area contributed by atoms with Gasteiger partial charge in [-0.1, -0.05) is 170 Å². The molecule has 2 atom stereocenters. The Morgan fingerprint density at radius 1 is 0.455 bits per heavy atom. The van der Waals surface area contributed by atoms with Crippen LogP contribution in [0.25, 0.3) is 21.9 Å².